The van der Waals surface area contributed by atoms with Crippen molar-refractivity contribution in [1.29, 1.82) is 0 Å². The van der Waals surface area contributed by atoms with Crippen molar-refractivity contribution < 1.29 is 9.53 Å². The summed E-state index contributed by atoms with van der Waals surface area (Å²) in [6.07, 6.45) is 4.06. The lowest BCUT2D eigenvalue weighted by Crippen LogP contribution is -2.22. The molecule has 2 atom stereocenters. The summed E-state index contributed by atoms with van der Waals surface area (Å²) in [5, 5.41) is 2.78. The summed E-state index contributed by atoms with van der Waals surface area (Å²) in [5.41, 5.74) is 0. The van der Waals surface area contributed by atoms with Gasteiger partial charge in [-0.25, -0.2) is 4.98 Å². The van der Waals surface area contributed by atoms with Crippen LogP contribution in [0.2, 0.25) is 0 Å². The SMILES string of the molecule is CC1CCC(C(=O)Cc2nccs2)O1. The molecular formula is C10H13NO2S. The van der Waals surface area contributed by atoms with Crippen molar-refractivity contribution in [2.24, 2.45) is 0 Å². The second kappa shape index (κ2) is 4.19. The van der Waals surface area contributed by atoms with Crippen LogP contribution in [0.3, 0.4) is 0 Å². The maximum atomic E-state index is 11.7. The molecule has 0 amide bonds. The molecule has 3 nitrogen and oxygen atoms in total. The van der Waals surface area contributed by atoms with Crippen molar-refractivity contribution >= 4 is 17.1 Å². The average molecular weight is 211 g/mol. The number of hydrogen-bond acceptors (Lipinski definition) is 4. The fourth-order valence-corrected chi connectivity index (χ4v) is 2.27. The molecule has 0 aromatic carbocycles. The first-order valence-electron chi connectivity index (χ1n) is 4.82. The number of aromatic nitrogens is 1. The lowest BCUT2D eigenvalue weighted by Gasteiger charge is -2.08. The minimum absolute atomic E-state index is 0.171. The Kier molecular flexibility index (Phi) is 2.93. The van der Waals surface area contributed by atoms with Gasteiger partial charge in [-0.15, -0.1) is 11.3 Å². The normalized spacial score (nSPS) is 26.6. The van der Waals surface area contributed by atoms with E-state index < -0.39 is 0 Å². The maximum absolute atomic E-state index is 11.7. The van der Waals surface area contributed by atoms with Crippen LogP contribution in [0, 0.1) is 0 Å². The third-order valence-corrected chi connectivity index (χ3v) is 3.18. The predicted molar refractivity (Wildman–Crippen MR) is 54.4 cm³/mol. The average Bonchev–Trinajstić information content (AvgIpc) is 2.75. The third-order valence-electron chi connectivity index (χ3n) is 2.40. The number of ether oxygens (including phenoxy) is 1. The molecule has 0 saturated carbocycles. The predicted octanol–water partition coefficient (Wildman–Crippen LogP) is 1.82. The van der Waals surface area contributed by atoms with Gasteiger partial charge in [0, 0.05) is 11.6 Å². The highest BCUT2D eigenvalue weighted by atomic mass is 32.1. The molecule has 1 aliphatic heterocycles. The fraction of sp³-hybridized carbons (Fsp3) is 0.600. The first-order valence-corrected chi connectivity index (χ1v) is 5.70. The first kappa shape index (κ1) is 9.80. The Morgan fingerprint density at radius 1 is 1.71 bits per heavy atom. The maximum Gasteiger partial charge on any atom is 0.168 e. The number of hydrogen-bond donors (Lipinski definition) is 0. The highest BCUT2D eigenvalue weighted by Gasteiger charge is 2.28. The molecule has 2 rings (SSSR count). The van der Waals surface area contributed by atoms with Crippen LogP contribution in [0.1, 0.15) is 24.8 Å². The van der Waals surface area contributed by atoms with Crippen LogP contribution in [0.5, 0.6) is 0 Å². The zero-order valence-corrected chi connectivity index (χ0v) is 8.92. The molecule has 1 aromatic heterocycles. The van der Waals surface area contributed by atoms with E-state index in [2.05, 4.69) is 4.98 Å². The van der Waals surface area contributed by atoms with Gasteiger partial charge in [0.25, 0.3) is 0 Å². The Balaban J connectivity index is 1.90. The molecular weight excluding hydrogens is 198 g/mol. The molecule has 0 bridgehead atoms. The second-order valence-electron chi connectivity index (χ2n) is 3.58. The molecule has 0 spiro atoms. The second-order valence-corrected chi connectivity index (χ2v) is 4.56. The number of nitrogens with zero attached hydrogens (tertiary/aromatic N) is 1. The van der Waals surface area contributed by atoms with E-state index in [1.165, 1.54) is 11.3 Å². The van der Waals surface area contributed by atoms with Crippen LogP contribution < -0.4 is 0 Å². The van der Waals surface area contributed by atoms with Crippen molar-refractivity contribution in [2.75, 3.05) is 0 Å². The van der Waals surface area contributed by atoms with Gasteiger partial charge in [-0.1, -0.05) is 0 Å². The van der Waals surface area contributed by atoms with E-state index in [-0.39, 0.29) is 18.0 Å². The lowest BCUT2D eigenvalue weighted by molar-refractivity contribution is -0.128. The molecule has 76 valence electrons. The van der Waals surface area contributed by atoms with Crippen LogP contribution >= 0.6 is 11.3 Å². The van der Waals surface area contributed by atoms with Gasteiger partial charge in [-0.2, -0.15) is 0 Å². The van der Waals surface area contributed by atoms with E-state index in [0.717, 1.165) is 17.8 Å². The number of thiazole rings is 1. The van der Waals surface area contributed by atoms with Crippen molar-refractivity contribution in [1.82, 2.24) is 4.98 Å². The highest BCUT2D eigenvalue weighted by Crippen LogP contribution is 2.21. The van der Waals surface area contributed by atoms with E-state index in [9.17, 15) is 4.79 Å². The van der Waals surface area contributed by atoms with Crippen LogP contribution in [0.4, 0.5) is 0 Å². The van der Waals surface area contributed by atoms with Gasteiger partial charge in [-0.3, -0.25) is 4.79 Å². The minimum Gasteiger partial charge on any atom is -0.367 e. The first-order chi connectivity index (χ1) is 6.75. The smallest absolute Gasteiger partial charge is 0.168 e. The Labute approximate surface area is 87.1 Å². The van der Waals surface area contributed by atoms with Gasteiger partial charge in [-0.05, 0) is 19.8 Å². The Morgan fingerprint density at radius 3 is 3.14 bits per heavy atom. The summed E-state index contributed by atoms with van der Waals surface area (Å²) in [7, 11) is 0. The lowest BCUT2D eigenvalue weighted by atomic mass is 10.1. The Hall–Kier alpha value is -0.740. The number of Topliss-reactive ketones (excluding diaryl/α,β-unsaturated/α-hetero) is 1. The van der Waals surface area contributed by atoms with E-state index >= 15 is 0 Å². The molecule has 2 heterocycles. The number of carbonyl (C=O) groups excluding carboxylic acids is 1. The standard InChI is InChI=1S/C10H13NO2S/c1-7-2-3-9(13-7)8(12)6-10-11-4-5-14-10/h4-5,7,9H,2-3,6H2,1H3. The quantitative estimate of drug-likeness (QED) is 0.765. The molecule has 1 aromatic rings. The Morgan fingerprint density at radius 2 is 2.57 bits per heavy atom. The summed E-state index contributed by atoms with van der Waals surface area (Å²) in [6.45, 7) is 2.01. The van der Waals surface area contributed by atoms with Crippen LogP contribution in [0.25, 0.3) is 0 Å². The highest BCUT2D eigenvalue weighted by molar-refractivity contribution is 7.09. The zero-order valence-electron chi connectivity index (χ0n) is 8.10. The van der Waals surface area contributed by atoms with Crippen molar-refractivity contribution in [2.45, 2.75) is 38.4 Å². The summed E-state index contributed by atoms with van der Waals surface area (Å²) >= 11 is 1.52. The molecule has 2 unspecified atom stereocenters. The molecule has 14 heavy (non-hydrogen) atoms. The van der Waals surface area contributed by atoms with Gasteiger partial charge >= 0.3 is 0 Å². The van der Waals surface area contributed by atoms with Crippen molar-refractivity contribution in [3.05, 3.63) is 16.6 Å². The van der Waals surface area contributed by atoms with Gasteiger partial charge in [0.05, 0.1) is 17.5 Å². The monoisotopic (exact) mass is 211 g/mol. The van der Waals surface area contributed by atoms with Gasteiger partial charge in [0.2, 0.25) is 0 Å². The van der Waals surface area contributed by atoms with Crippen LogP contribution in [-0.4, -0.2) is 23.0 Å². The van der Waals surface area contributed by atoms with E-state index in [0.29, 0.717) is 6.42 Å². The molecule has 0 N–H and O–H groups in total. The number of rotatable bonds is 3. The van der Waals surface area contributed by atoms with Gasteiger partial charge in [0.15, 0.2) is 5.78 Å². The third kappa shape index (κ3) is 2.19. The van der Waals surface area contributed by atoms with Crippen LogP contribution in [-0.2, 0) is 16.0 Å². The van der Waals surface area contributed by atoms with Crippen molar-refractivity contribution in [3.8, 4) is 0 Å². The van der Waals surface area contributed by atoms with Crippen molar-refractivity contribution in [3.63, 3.8) is 0 Å². The van der Waals surface area contributed by atoms with E-state index in [4.69, 9.17) is 4.74 Å². The molecule has 1 fully saturated rings. The number of carbonyl (C=O) groups is 1. The minimum atomic E-state index is -0.186. The van der Waals surface area contributed by atoms with Gasteiger partial charge in [0.1, 0.15) is 6.10 Å². The largest absolute Gasteiger partial charge is 0.367 e. The summed E-state index contributed by atoms with van der Waals surface area (Å²) < 4.78 is 5.50. The molecule has 0 aliphatic carbocycles. The van der Waals surface area contributed by atoms with E-state index in [1.54, 1.807) is 6.20 Å². The Bertz CT molecular complexity index is 310. The molecule has 1 aliphatic rings. The summed E-state index contributed by atoms with van der Waals surface area (Å²) in [6, 6.07) is 0. The van der Waals surface area contributed by atoms with Crippen LogP contribution in [0.15, 0.2) is 11.6 Å². The fourth-order valence-electron chi connectivity index (χ4n) is 1.64. The van der Waals surface area contributed by atoms with Gasteiger partial charge < -0.3 is 4.74 Å². The summed E-state index contributed by atoms with van der Waals surface area (Å²) in [5.74, 6) is 0.171. The zero-order chi connectivity index (χ0) is 9.97. The molecule has 1 saturated heterocycles. The topological polar surface area (TPSA) is 39.2 Å². The molecule has 0 radical (unpaired) electrons. The summed E-state index contributed by atoms with van der Waals surface area (Å²) in [4.78, 5) is 15.8. The van der Waals surface area contributed by atoms with E-state index in [1.807, 2.05) is 12.3 Å². The molecule has 4 heteroatoms. The number of ketones is 1.